The molecule has 0 aromatic heterocycles. The van der Waals surface area contributed by atoms with Crippen molar-refractivity contribution < 1.29 is 19.1 Å². The molecule has 8 nitrogen and oxygen atoms in total. The number of benzene rings is 4. The first-order valence-electron chi connectivity index (χ1n) is 18.8. The van der Waals surface area contributed by atoms with E-state index in [1.807, 2.05) is 95.6 Å². The summed E-state index contributed by atoms with van der Waals surface area (Å²) >= 11 is 0. The lowest BCUT2D eigenvalue weighted by Gasteiger charge is -2.37. The maximum absolute atomic E-state index is 14.5. The van der Waals surface area contributed by atoms with Gasteiger partial charge in [-0.2, -0.15) is 0 Å². The van der Waals surface area contributed by atoms with Crippen molar-refractivity contribution in [2.24, 2.45) is 17.6 Å². The number of hydrogen-bond acceptors (Lipinski definition) is 5. The van der Waals surface area contributed by atoms with Crippen LogP contribution in [0.15, 0.2) is 115 Å². The Labute approximate surface area is 307 Å². The van der Waals surface area contributed by atoms with Crippen LogP contribution in [0.3, 0.4) is 0 Å². The van der Waals surface area contributed by atoms with Crippen LogP contribution in [0.1, 0.15) is 47.6 Å². The largest absolute Gasteiger partial charge is 0.370 e. The quantitative estimate of drug-likeness (QED) is 0.211. The fourth-order valence-corrected chi connectivity index (χ4v) is 9.31. The van der Waals surface area contributed by atoms with E-state index in [2.05, 4.69) is 41.3 Å². The molecule has 0 bridgehead atoms. The van der Waals surface area contributed by atoms with Crippen molar-refractivity contribution in [1.82, 2.24) is 14.7 Å². The fraction of sp³-hybridized carbons (Fsp3) is 0.386. The van der Waals surface area contributed by atoms with Gasteiger partial charge in [0, 0.05) is 45.2 Å². The van der Waals surface area contributed by atoms with Crippen molar-refractivity contribution in [3.05, 3.63) is 143 Å². The molecule has 3 unspecified atom stereocenters. The van der Waals surface area contributed by atoms with Gasteiger partial charge in [-0.3, -0.25) is 14.4 Å². The van der Waals surface area contributed by atoms with Gasteiger partial charge in [-0.05, 0) is 66.5 Å². The molecule has 52 heavy (non-hydrogen) atoms. The summed E-state index contributed by atoms with van der Waals surface area (Å²) in [5.74, 6) is -0.113. The molecule has 3 atom stereocenters. The standard InChI is InChI=1S/C44H50N4O4/c1-2-47-31-39(24-27-48-28-29-52-32-40(48)49)44(42(47)51,36-16-10-5-11-17-36)37-20-18-33(19-21-37)22-25-46-26-23-38(30-46)43(41(45)50,34-12-6-3-7-13-34)35-14-8-4-9-15-35/h3-21,38-39H,2,22-32H2,1H3,(H2,45,50). The molecule has 3 saturated heterocycles. The van der Waals surface area contributed by atoms with Crippen molar-refractivity contribution in [3.8, 4) is 0 Å². The van der Waals surface area contributed by atoms with Crippen LogP contribution in [0.4, 0.5) is 0 Å². The highest BCUT2D eigenvalue weighted by Crippen LogP contribution is 2.48. The number of morpholine rings is 1. The number of amides is 3. The number of likely N-dealkylation sites (tertiary alicyclic amines) is 2. The van der Waals surface area contributed by atoms with Crippen LogP contribution in [0.25, 0.3) is 0 Å². The number of rotatable bonds is 13. The molecule has 0 spiro atoms. The fourth-order valence-electron chi connectivity index (χ4n) is 9.31. The summed E-state index contributed by atoms with van der Waals surface area (Å²) in [5.41, 5.74) is 9.69. The van der Waals surface area contributed by atoms with E-state index in [9.17, 15) is 14.4 Å². The van der Waals surface area contributed by atoms with Crippen LogP contribution in [0.2, 0.25) is 0 Å². The van der Waals surface area contributed by atoms with E-state index < -0.39 is 10.8 Å². The summed E-state index contributed by atoms with van der Waals surface area (Å²) < 4.78 is 5.37. The minimum absolute atomic E-state index is 0.00475. The lowest BCUT2D eigenvalue weighted by Crippen LogP contribution is -2.49. The number of ether oxygens (including phenoxy) is 1. The van der Waals surface area contributed by atoms with Crippen molar-refractivity contribution in [2.75, 3.05) is 59.0 Å². The predicted octanol–water partition coefficient (Wildman–Crippen LogP) is 5.04. The van der Waals surface area contributed by atoms with Gasteiger partial charge in [0.05, 0.1) is 6.61 Å². The van der Waals surface area contributed by atoms with Gasteiger partial charge >= 0.3 is 0 Å². The van der Waals surface area contributed by atoms with Crippen LogP contribution >= 0.6 is 0 Å². The van der Waals surface area contributed by atoms with Gasteiger partial charge in [0.1, 0.15) is 17.4 Å². The maximum atomic E-state index is 14.5. The Morgan fingerprint density at radius 3 is 2.00 bits per heavy atom. The minimum atomic E-state index is -0.906. The smallest absolute Gasteiger partial charge is 0.248 e. The molecule has 4 aromatic carbocycles. The van der Waals surface area contributed by atoms with Crippen LogP contribution in [0.5, 0.6) is 0 Å². The van der Waals surface area contributed by atoms with Crippen molar-refractivity contribution in [3.63, 3.8) is 0 Å². The summed E-state index contributed by atoms with van der Waals surface area (Å²) in [6, 6.07) is 38.9. The molecule has 3 amide bonds. The van der Waals surface area contributed by atoms with Crippen LogP contribution < -0.4 is 5.73 Å². The molecule has 8 heteroatoms. The highest BCUT2D eigenvalue weighted by Gasteiger charge is 2.55. The lowest BCUT2D eigenvalue weighted by atomic mass is 9.64. The van der Waals surface area contributed by atoms with Crippen molar-refractivity contribution >= 4 is 17.7 Å². The Morgan fingerprint density at radius 1 is 0.788 bits per heavy atom. The monoisotopic (exact) mass is 698 g/mol. The number of nitrogens with zero attached hydrogens (tertiary/aromatic N) is 3. The third-order valence-electron chi connectivity index (χ3n) is 12.0. The number of carbonyl (C=O) groups excluding carboxylic acids is 3. The highest BCUT2D eigenvalue weighted by atomic mass is 16.5. The van der Waals surface area contributed by atoms with Crippen LogP contribution in [-0.2, 0) is 36.4 Å². The molecule has 7 rings (SSSR count). The normalized spacial score (nSPS) is 22.6. The molecule has 0 aliphatic carbocycles. The Hall–Kier alpha value is -4.79. The third kappa shape index (κ3) is 6.43. The molecule has 0 radical (unpaired) electrons. The second-order valence-electron chi connectivity index (χ2n) is 14.6. The van der Waals surface area contributed by atoms with E-state index in [-0.39, 0.29) is 36.2 Å². The van der Waals surface area contributed by atoms with Crippen LogP contribution in [0, 0.1) is 11.8 Å². The highest BCUT2D eigenvalue weighted by molar-refractivity contribution is 5.95. The summed E-state index contributed by atoms with van der Waals surface area (Å²) in [4.78, 5) is 47.0. The minimum Gasteiger partial charge on any atom is -0.370 e. The van der Waals surface area contributed by atoms with E-state index in [0.29, 0.717) is 32.8 Å². The van der Waals surface area contributed by atoms with Gasteiger partial charge in [0.25, 0.3) is 0 Å². The molecule has 2 N–H and O–H groups in total. The Kier molecular flexibility index (Phi) is 10.6. The second-order valence-corrected chi connectivity index (χ2v) is 14.6. The van der Waals surface area contributed by atoms with Gasteiger partial charge in [0.15, 0.2) is 0 Å². The first-order valence-corrected chi connectivity index (χ1v) is 18.8. The van der Waals surface area contributed by atoms with Gasteiger partial charge in [0.2, 0.25) is 17.7 Å². The third-order valence-corrected chi connectivity index (χ3v) is 12.0. The number of nitrogens with two attached hydrogens (primary N) is 1. The van der Waals surface area contributed by atoms with E-state index >= 15 is 0 Å². The molecular formula is C44H50N4O4. The average molecular weight is 699 g/mol. The zero-order valence-corrected chi connectivity index (χ0v) is 30.2. The first kappa shape index (κ1) is 35.6. The zero-order chi connectivity index (χ0) is 36.1. The molecule has 4 aromatic rings. The molecule has 3 fully saturated rings. The number of primary amides is 1. The van der Waals surface area contributed by atoms with E-state index in [1.165, 1.54) is 5.56 Å². The van der Waals surface area contributed by atoms with E-state index in [0.717, 1.165) is 61.2 Å². The average Bonchev–Trinajstić information content (AvgIpc) is 3.77. The summed E-state index contributed by atoms with van der Waals surface area (Å²) in [6.45, 7) is 7.72. The molecule has 0 saturated carbocycles. The molecule has 3 aliphatic heterocycles. The van der Waals surface area contributed by atoms with Gasteiger partial charge in [-0.15, -0.1) is 0 Å². The lowest BCUT2D eigenvalue weighted by molar-refractivity contribution is -0.142. The van der Waals surface area contributed by atoms with Crippen molar-refractivity contribution in [1.29, 1.82) is 0 Å². The van der Waals surface area contributed by atoms with E-state index in [1.54, 1.807) is 0 Å². The number of carbonyl (C=O) groups is 3. The summed E-state index contributed by atoms with van der Waals surface area (Å²) in [7, 11) is 0. The summed E-state index contributed by atoms with van der Waals surface area (Å²) in [5, 5.41) is 0. The molecule has 3 heterocycles. The number of likely N-dealkylation sites (N-methyl/N-ethyl adjacent to an activating group) is 1. The van der Waals surface area contributed by atoms with E-state index in [4.69, 9.17) is 10.5 Å². The summed E-state index contributed by atoms with van der Waals surface area (Å²) in [6.07, 6.45) is 2.45. The Bertz CT molecular complexity index is 1800. The van der Waals surface area contributed by atoms with Gasteiger partial charge < -0.3 is 25.2 Å². The maximum Gasteiger partial charge on any atom is 0.248 e. The molecule has 3 aliphatic rings. The zero-order valence-electron chi connectivity index (χ0n) is 30.2. The molecular weight excluding hydrogens is 649 g/mol. The van der Waals surface area contributed by atoms with Crippen LogP contribution in [-0.4, -0.2) is 91.4 Å². The Balaban J connectivity index is 1.11. The first-order chi connectivity index (χ1) is 25.4. The predicted molar refractivity (Wildman–Crippen MR) is 203 cm³/mol. The van der Waals surface area contributed by atoms with Crippen molar-refractivity contribution in [2.45, 2.75) is 37.0 Å². The Morgan fingerprint density at radius 2 is 1.40 bits per heavy atom. The number of hydrogen-bond donors (Lipinski definition) is 1. The van der Waals surface area contributed by atoms with Gasteiger partial charge in [-0.25, -0.2) is 0 Å². The van der Waals surface area contributed by atoms with Gasteiger partial charge in [-0.1, -0.05) is 115 Å². The molecule has 270 valence electrons. The topological polar surface area (TPSA) is 96.2 Å². The second kappa shape index (κ2) is 15.4. The SMILES string of the molecule is CCN1CC(CCN2CCOCC2=O)C(c2ccccc2)(c2ccc(CCN3CCC(C(C(N)=O)(c4ccccc4)c4ccccc4)C3)cc2)C1=O.